The minimum Gasteiger partial charge on any atom is -0.458 e. The van der Waals surface area contributed by atoms with Crippen LogP contribution in [-0.2, 0) is 9.53 Å². The van der Waals surface area contributed by atoms with Crippen LogP contribution in [0.5, 0.6) is 0 Å². The van der Waals surface area contributed by atoms with Gasteiger partial charge in [0.2, 0.25) is 0 Å². The van der Waals surface area contributed by atoms with Gasteiger partial charge in [-0.1, -0.05) is 12.7 Å². The third kappa shape index (κ3) is 4.98. The molecule has 25 heavy (non-hydrogen) atoms. The quantitative estimate of drug-likeness (QED) is 0.554. The van der Waals surface area contributed by atoms with Crippen molar-refractivity contribution in [2.45, 2.75) is 20.0 Å². The summed E-state index contributed by atoms with van der Waals surface area (Å²) in [4.78, 5) is 26.0. The molecule has 0 unspecified atom stereocenters. The van der Waals surface area contributed by atoms with Crippen molar-refractivity contribution in [1.82, 2.24) is 0 Å². The summed E-state index contributed by atoms with van der Waals surface area (Å²) in [5.41, 5.74) is 0.560. The summed E-state index contributed by atoms with van der Waals surface area (Å²) < 4.78 is 42.9. The molecular weight excluding hydrogens is 337 g/mol. The van der Waals surface area contributed by atoms with E-state index in [0.717, 1.165) is 7.05 Å². The van der Waals surface area contributed by atoms with Crippen molar-refractivity contribution in [2.75, 3.05) is 36.5 Å². The number of halogens is 3. The van der Waals surface area contributed by atoms with Crippen molar-refractivity contribution in [3.8, 4) is 0 Å². The van der Waals surface area contributed by atoms with Crippen LogP contribution < -0.4 is 9.80 Å². The SMILES string of the molecule is C=CCOC(=O)c1cc(N(C)C(=O)C(F)(F)F)ccc1N(CC)CC. The van der Waals surface area contributed by atoms with Gasteiger partial charge in [-0.3, -0.25) is 4.79 Å². The molecule has 8 heteroatoms. The van der Waals surface area contributed by atoms with Gasteiger partial charge in [0.25, 0.3) is 0 Å². The zero-order chi connectivity index (χ0) is 19.2. The van der Waals surface area contributed by atoms with E-state index in [9.17, 15) is 22.8 Å². The topological polar surface area (TPSA) is 49.9 Å². The van der Waals surface area contributed by atoms with E-state index in [0.29, 0.717) is 23.7 Å². The van der Waals surface area contributed by atoms with Crippen molar-refractivity contribution >= 4 is 23.3 Å². The number of esters is 1. The first-order valence-electron chi connectivity index (χ1n) is 7.69. The molecule has 5 nitrogen and oxygen atoms in total. The van der Waals surface area contributed by atoms with E-state index in [1.165, 1.54) is 24.3 Å². The molecule has 0 aliphatic heterocycles. The summed E-state index contributed by atoms with van der Waals surface area (Å²) in [7, 11) is 1.00. The molecule has 0 radical (unpaired) electrons. The molecule has 0 aromatic heterocycles. The minimum atomic E-state index is -5.00. The number of ether oxygens (including phenoxy) is 1. The normalized spacial score (nSPS) is 11.0. The highest BCUT2D eigenvalue weighted by atomic mass is 19.4. The number of carbonyl (C=O) groups is 2. The molecule has 0 N–H and O–H groups in total. The Morgan fingerprint density at radius 1 is 1.24 bits per heavy atom. The fourth-order valence-corrected chi connectivity index (χ4v) is 2.26. The van der Waals surface area contributed by atoms with E-state index in [2.05, 4.69) is 6.58 Å². The van der Waals surface area contributed by atoms with Crippen LogP contribution in [0.1, 0.15) is 24.2 Å². The molecule has 1 aromatic rings. The van der Waals surface area contributed by atoms with Crippen molar-refractivity contribution < 1.29 is 27.5 Å². The number of nitrogens with zero attached hydrogens (tertiary/aromatic N) is 2. The lowest BCUT2D eigenvalue weighted by Gasteiger charge is -2.25. The largest absolute Gasteiger partial charge is 0.471 e. The number of anilines is 2. The molecule has 0 atom stereocenters. The molecule has 1 rings (SSSR count). The van der Waals surface area contributed by atoms with E-state index in [1.54, 1.807) is 0 Å². The Hall–Kier alpha value is -2.51. The van der Waals surface area contributed by atoms with Gasteiger partial charge in [-0.25, -0.2) is 4.79 Å². The zero-order valence-electron chi connectivity index (χ0n) is 14.4. The van der Waals surface area contributed by atoms with Crippen LogP contribution in [0.2, 0.25) is 0 Å². The Kier molecular flexibility index (Phi) is 7.02. The molecule has 0 spiro atoms. The standard InChI is InChI=1S/C17H21F3N2O3/c1-5-10-25-15(23)13-11-12(21(4)16(24)17(18,19)20)8-9-14(13)22(6-2)7-3/h5,8-9,11H,1,6-7,10H2,2-4H3. The maximum absolute atomic E-state index is 12.6. The third-order valence-electron chi connectivity index (χ3n) is 3.57. The lowest BCUT2D eigenvalue weighted by Crippen LogP contribution is -2.38. The molecule has 0 saturated heterocycles. The number of benzene rings is 1. The van der Waals surface area contributed by atoms with Gasteiger partial charge in [0.1, 0.15) is 6.61 Å². The minimum absolute atomic E-state index is 0.0297. The zero-order valence-corrected chi connectivity index (χ0v) is 14.4. The number of hydrogen-bond acceptors (Lipinski definition) is 4. The van der Waals surface area contributed by atoms with E-state index >= 15 is 0 Å². The second kappa shape index (κ2) is 8.55. The Balaban J connectivity index is 3.34. The van der Waals surface area contributed by atoms with Crippen LogP contribution in [0, 0.1) is 0 Å². The van der Waals surface area contributed by atoms with Gasteiger partial charge in [-0.2, -0.15) is 13.2 Å². The number of alkyl halides is 3. The number of rotatable bonds is 7. The van der Waals surface area contributed by atoms with Gasteiger partial charge in [0, 0.05) is 25.8 Å². The lowest BCUT2D eigenvalue weighted by molar-refractivity contribution is -0.170. The summed E-state index contributed by atoms with van der Waals surface area (Å²) in [5.74, 6) is -2.72. The highest BCUT2D eigenvalue weighted by Gasteiger charge is 2.41. The van der Waals surface area contributed by atoms with Gasteiger partial charge in [-0.15, -0.1) is 0 Å². The van der Waals surface area contributed by atoms with E-state index in [-0.39, 0.29) is 17.9 Å². The van der Waals surface area contributed by atoms with Gasteiger partial charge in [-0.05, 0) is 32.0 Å². The molecule has 0 heterocycles. The Morgan fingerprint density at radius 2 is 1.84 bits per heavy atom. The maximum Gasteiger partial charge on any atom is 0.471 e. The molecule has 0 aliphatic rings. The third-order valence-corrected chi connectivity index (χ3v) is 3.57. The van der Waals surface area contributed by atoms with Crippen LogP contribution in [0.4, 0.5) is 24.5 Å². The second-order valence-corrected chi connectivity index (χ2v) is 5.12. The summed E-state index contributed by atoms with van der Waals surface area (Å²) in [6, 6.07) is 4.09. The molecule has 0 fully saturated rings. The van der Waals surface area contributed by atoms with E-state index in [1.807, 2.05) is 18.7 Å². The molecule has 0 saturated carbocycles. The summed E-state index contributed by atoms with van der Waals surface area (Å²) in [5, 5.41) is 0. The molecule has 138 valence electrons. The fourth-order valence-electron chi connectivity index (χ4n) is 2.26. The Morgan fingerprint density at radius 3 is 2.32 bits per heavy atom. The molecule has 0 aliphatic carbocycles. The Labute approximate surface area is 144 Å². The van der Waals surface area contributed by atoms with Crippen molar-refractivity contribution in [3.63, 3.8) is 0 Å². The number of amides is 1. The average Bonchev–Trinajstić information content (AvgIpc) is 2.58. The van der Waals surface area contributed by atoms with Crippen LogP contribution in [0.25, 0.3) is 0 Å². The molecule has 1 amide bonds. The van der Waals surface area contributed by atoms with Crippen LogP contribution in [0.3, 0.4) is 0 Å². The second-order valence-electron chi connectivity index (χ2n) is 5.12. The summed E-state index contributed by atoms with van der Waals surface area (Å²) >= 11 is 0. The molecule has 1 aromatic carbocycles. The van der Waals surface area contributed by atoms with Gasteiger partial charge < -0.3 is 14.5 Å². The van der Waals surface area contributed by atoms with Crippen molar-refractivity contribution in [1.29, 1.82) is 0 Å². The van der Waals surface area contributed by atoms with Crippen molar-refractivity contribution in [2.24, 2.45) is 0 Å². The fraction of sp³-hybridized carbons (Fsp3) is 0.412. The first-order valence-corrected chi connectivity index (χ1v) is 7.69. The first-order chi connectivity index (χ1) is 11.7. The van der Waals surface area contributed by atoms with Crippen LogP contribution >= 0.6 is 0 Å². The van der Waals surface area contributed by atoms with Crippen LogP contribution in [0.15, 0.2) is 30.9 Å². The summed E-state index contributed by atoms with van der Waals surface area (Å²) in [6.07, 6.45) is -3.62. The predicted molar refractivity (Wildman–Crippen MR) is 89.9 cm³/mol. The van der Waals surface area contributed by atoms with Gasteiger partial charge >= 0.3 is 18.1 Å². The maximum atomic E-state index is 12.6. The highest BCUT2D eigenvalue weighted by molar-refractivity contribution is 6.01. The average molecular weight is 358 g/mol. The number of carbonyl (C=O) groups excluding carboxylic acids is 2. The highest BCUT2D eigenvalue weighted by Crippen LogP contribution is 2.29. The molecule has 0 bridgehead atoms. The van der Waals surface area contributed by atoms with Gasteiger partial charge in [0.05, 0.1) is 11.3 Å². The van der Waals surface area contributed by atoms with E-state index < -0.39 is 18.1 Å². The lowest BCUT2D eigenvalue weighted by atomic mass is 10.1. The van der Waals surface area contributed by atoms with E-state index in [4.69, 9.17) is 4.74 Å². The Bertz CT molecular complexity index is 641. The molecular formula is C17H21F3N2O3. The monoisotopic (exact) mass is 358 g/mol. The van der Waals surface area contributed by atoms with Gasteiger partial charge in [0.15, 0.2) is 0 Å². The first kappa shape index (κ1) is 20.5. The van der Waals surface area contributed by atoms with Crippen LogP contribution in [-0.4, -0.2) is 44.8 Å². The summed E-state index contributed by atoms with van der Waals surface area (Å²) in [6.45, 7) is 8.37. The number of hydrogen-bond donors (Lipinski definition) is 0. The van der Waals surface area contributed by atoms with Crippen molar-refractivity contribution in [3.05, 3.63) is 36.4 Å². The smallest absolute Gasteiger partial charge is 0.458 e. The predicted octanol–water partition coefficient (Wildman–Crippen LogP) is 3.40.